The quantitative estimate of drug-likeness (QED) is 0.474. The van der Waals surface area contributed by atoms with Crippen molar-refractivity contribution in [2.75, 3.05) is 6.16 Å². The van der Waals surface area contributed by atoms with Crippen molar-refractivity contribution >= 4 is 9.24 Å². The molecule has 0 aromatic carbocycles. The van der Waals surface area contributed by atoms with E-state index in [1.807, 2.05) is 0 Å². The van der Waals surface area contributed by atoms with E-state index < -0.39 is 0 Å². The Hall–Kier alpha value is 0.170. The molecule has 0 amide bonds. The van der Waals surface area contributed by atoms with E-state index in [4.69, 9.17) is 0 Å². The molecule has 0 nitrogen and oxygen atoms in total. The third-order valence-corrected chi connectivity index (χ3v) is 4.66. The molecular formula is C14H27P. The van der Waals surface area contributed by atoms with Gasteiger partial charge in [-0.25, -0.2) is 0 Å². The molecule has 4 atom stereocenters. The Morgan fingerprint density at radius 2 is 2.00 bits per heavy atom. The van der Waals surface area contributed by atoms with Crippen molar-refractivity contribution in [1.29, 1.82) is 0 Å². The van der Waals surface area contributed by atoms with Crippen LogP contribution in [0.4, 0.5) is 0 Å². The lowest BCUT2D eigenvalue weighted by Gasteiger charge is -2.25. The SMILES string of the molecule is CCC1C/C=C\CCC(C)C(CP)CC1. The fourth-order valence-corrected chi connectivity index (χ4v) is 3.27. The summed E-state index contributed by atoms with van der Waals surface area (Å²) in [6.07, 6.45) is 14.3. The molecule has 15 heavy (non-hydrogen) atoms. The van der Waals surface area contributed by atoms with Crippen LogP contribution in [0.1, 0.15) is 52.4 Å². The van der Waals surface area contributed by atoms with Gasteiger partial charge in [0.1, 0.15) is 0 Å². The van der Waals surface area contributed by atoms with Crippen LogP contribution in [0.15, 0.2) is 12.2 Å². The van der Waals surface area contributed by atoms with E-state index in [1.54, 1.807) is 0 Å². The van der Waals surface area contributed by atoms with Gasteiger partial charge in [0, 0.05) is 0 Å². The maximum absolute atomic E-state index is 2.95. The summed E-state index contributed by atoms with van der Waals surface area (Å²) in [6.45, 7) is 4.77. The summed E-state index contributed by atoms with van der Waals surface area (Å²) < 4.78 is 0. The first-order chi connectivity index (χ1) is 7.27. The zero-order chi connectivity index (χ0) is 11.1. The average Bonchev–Trinajstić information content (AvgIpc) is 2.26. The van der Waals surface area contributed by atoms with Crippen LogP contribution in [0.3, 0.4) is 0 Å². The highest BCUT2D eigenvalue weighted by Crippen LogP contribution is 2.29. The van der Waals surface area contributed by atoms with Crippen LogP contribution in [0.25, 0.3) is 0 Å². The van der Waals surface area contributed by atoms with Gasteiger partial charge in [-0.05, 0) is 56.0 Å². The highest BCUT2D eigenvalue weighted by atomic mass is 31.0. The summed E-state index contributed by atoms with van der Waals surface area (Å²) in [5.74, 6) is 2.78. The summed E-state index contributed by atoms with van der Waals surface area (Å²) >= 11 is 0. The highest BCUT2D eigenvalue weighted by molar-refractivity contribution is 7.16. The van der Waals surface area contributed by atoms with Gasteiger partial charge in [-0.3, -0.25) is 0 Å². The van der Waals surface area contributed by atoms with Crippen LogP contribution in [-0.4, -0.2) is 6.16 Å². The van der Waals surface area contributed by atoms with Gasteiger partial charge < -0.3 is 0 Å². The monoisotopic (exact) mass is 226 g/mol. The minimum Gasteiger partial charge on any atom is -0.137 e. The number of allylic oxidation sites excluding steroid dienone is 2. The first-order valence-corrected chi connectivity index (χ1v) is 7.44. The van der Waals surface area contributed by atoms with Gasteiger partial charge in [0.25, 0.3) is 0 Å². The molecule has 88 valence electrons. The Morgan fingerprint density at radius 1 is 1.20 bits per heavy atom. The van der Waals surface area contributed by atoms with Gasteiger partial charge in [0.05, 0.1) is 0 Å². The zero-order valence-corrected chi connectivity index (χ0v) is 11.6. The highest BCUT2D eigenvalue weighted by Gasteiger charge is 2.17. The minimum atomic E-state index is 0.905. The summed E-state index contributed by atoms with van der Waals surface area (Å²) in [7, 11) is 2.95. The minimum absolute atomic E-state index is 0.905. The second kappa shape index (κ2) is 7.44. The van der Waals surface area contributed by atoms with E-state index in [1.165, 1.54) is 44.7 Å². The van der Waals surface area contributed by atoms with Crippen molar-refractivity contribution in [3.05, 3.63) is 12.2 Å². The Balaban J connectivity index is 2.53. The fraction of sp³-hybridized carbons (Fsp3) is 0.857. The zero-order valence-electron chi connectivity index (χ0n) is 10.4. The van der Waals surface area contributed by atoms with Crippen molar-refractivity contribution in [3.63, 3.8) is 0 Å². The van der Waals surface area contributed by atoms with Crippen molar-refractivity contribution in [3.8, 4) is 0 Å². The largest absolute Gasteiger partial charge is 0.137 e. The molecule has 0 saturated heterocycles. The van der Waals surface area contributed by atoms with E-state index in [2.05, 4.69) is 35.2 Å². The topological polar surface area (TPSA) is 0 Å². The van der Waals surface area contributed by atoms with Crippen LogP contribution in [0.5, 0.6) is 0 Å². The van der Waals surface area contributed by atoms with Gasteiger partial charge >= 0.3 is 0 Å². The van der Waals surface area contributed by atoms with Crippen molar-refractivity contribution in [2.45, 2.75) is 52.4 Å². The van der Waals surface area contributed by atoms with Crippen LogP contribution >= 0.6 is 9.24 Å². The standard InChI is InChI=1S/C14H27P/c1-3-13-8-6-4-5-7-12(2)14(11-15)10-9-13/h4,6,12-14H,3,5,7-11,15H2,1-2H3/b6-4-. The van der Waals surface area contributed by atoms with Crippen LogP contribution in [0, 0.1) is 17.8 Å². The first-order valence-electron chi connectivity index (χ1n) is 6.63. The molecule has 1 heteroatoms. The fourth-order valence-electron chi connectivity index (χ4n) is 2.57. The number of hydrogen-bond donors (Lipinski definition) is 0. The van der Waals surface area contributed by atoms with Gasteiger partial charge in [-0.15, -0.1) is 9.24 Å². The molecular weight excluding hydrogens is 199 g/mol. The molecule has 1 aliphatic carbocycles. The maximum atomic E-state index is 2.95. The van der Waals surface area contributed by atoms with Crippen molar-refractivity contribution in [2.24, 2.45) is 17.8 Å². The summed E-state index contributed by atoms with van der Waals surface area (Å²) in [5, 5.41) is 0. The predicted octanol–water partition coefficient (Wildman–Crippen LogP) is 4.66. The van der Waals surface area contributed by atoms with Crippen LogP contribution < -0.4 is 0 Å². The molecule has 1 rings (SSSR count). The van der Waals surface area contributed by atoms with Gasteiger partial charge in [0.15, 0.2) is 0 Å². The molecule has 1 aliphatic rings. The smallest absolute Gasteiger partial charge is 0.0322 e. The second-order valence-electron chi connectivity index (χ2n) is 5.11. The van der Waals surface area contributed by atoms with E-state index in [9.17, 15) is 0 Å². The molecule has 0 aromatic rings. The summed E-state index contributed by atoms with van der Waals surface area (Å²) in [5.41, 5.74) is 0. The van der Waals surface area contributed by atoms with Crippen molar-refractivity contribution < 1.29 is 0 Å². The van der Waals surface area contributed by atoms with E-state index >= 15 is 0 Å². The summed E-state index contributed by atoms with van der Waals surface area (Å²) in [4.78, 5) is 0. The van der Waals surface area contributed by atoms with Crippen LogP contribution in [-0.2, 0) is 0 Å². The molecule has 0 fully saturated rings. The predicted molar refractivity (Wildman–Crippen MR) is 73.2 cm³/mol. The van der Waals surface area contributed by atoms with E-state index in [0.29, 0.717) is 0 Å². The van der Waals surface area contributed by atoms with E-state index in [0.717, 1.165) is 17.8 Å². The molecule has 0 bridgehead atoms. The number of hydrogen-bond acceptors (Lipinski definition) is 0. The lowest BCUT2D eigenvalue weighted by molar-refractivity contribution is 0.310. The Morgan fingerprint density at radius 3 is 2.67 bits per heavy atom. The Bertz CT molecular complexity index is 186. The summed E-state index contributed by atoms with van der Waals surface area (Å²) in [6, 6.07) is 0. The molecule has 0 N–H and O–H groups in total. The molecule has 0 aliphatic heterocycles. The molecule has 0 aromatic heterocycles. The molecule has 0 saturated carbocycles. The molecule has 4 unspecified atom stereocenters. The lowest BCUT2D eigenvalue weighted by atomic mass is 9.83. The van der Waals surface area contributed by atoms with Gasteiger partial charge in [-0.2, -0.15) is 0 Å². The molecule has 0 radical (unpaired) electrons. The van der Waals surface area contributed by atoms with Gasteiger partial charge in [-0.1, -0.05) is 32.4 Å². The second-order valence-corrected chi connectivity index (χ2v) is 5.58. The lowest BCUT2D eigenvalue weighted by Crippen LogP contribution is -2.15. The third kappa shape index (κ3) is 4.68. The Kier molecular flexibility index (Phi) is 6.57. The maximum Gasteiger partial charge on any atom is -0.0322 e. The Labute approximate surface area is 98.1 Å². The molecule has 0 spiro atoms. The van der Waals surface area contributed by atoms with E-state index in [-0.39, 0.29) is 0 Å². The van der Waals surface area contributed by atoms with Crippen LogP contribution in [0.2, 0.25) is 0 Å². The van der Waals surface area contributed by atoms with Gasteiger partial charge in [0.2, 0.25) is 0 Å². The first kappa shape index (κ1) is 13.2. The third-order valence-electron chi connectivity index (χ3n) is 4.06. The average molecular weight is 226 g/mol. The van der Waals surface area contributed by atoms with Crippen molar-refractivity contribution in [1.82, 2.24) is 0 Å². The number of rotatable bonds is 2. The molecule has 0 heterocycles. The normalized spacial score (nSPS) is 36.1.